The van der Waals surface area contributed by atoms with Gasteiger partial charge in [0.15, 0.2) is 0 Å². The number of anilines is 1. The van der Waals surface area contributed by atoms with E-state index in [0.29, 0.717) is 28.2 Å². The van der Waals surface area contributed by atoms with Gasteiger partial charge < -0.3 is 20.1 Å². The average Bonchev–Trinajstić information content (AvgIpc) is 3.39. The number of H-pyrrole nitrogens is 1. The molecule has 4 rings (SSSR count). The Bertz CT molecular complexity index is 1210. The van der Waals surface area contributed by atoms with Crippen molar-refractivity contribution in [2.45, 2.75) is 32.6 Å². The first-order valence-electron chi connectivity index (χ1n) is 9.89. The second-order valence-corrected chi connectivity index (χ2v) is 7.99. The van der Waals surface area contributed by atoms with Gasteiger partial charge in [0.1, 0.15) is 11.6 Å². The van der Waals surface area contributed by atoms with Gasteiger partial charge in [-0.05, 0) is 55.7 Å². The molecule has 30 heavy (non-hydrogen) atoms. The van der Waals surface area contributed by atoms with Crippen LogP contribution in [-0.2, 0) is 16.6 Å². The van der Waals surface area contributed by atoms with Crippen LogP contribution >= 0.6 is 0 Å². The highest BCUT2D eigenvalue weighted by Crippen LogP contribution is 2.48. The van der Waals surface area contributed by atoms with Crippen LogP contribution in [0.3, 0.4) is 0 Å². The van der Waals surface area contributed by atoms with Gasteiger partial charge in [0, 0.05) is 17.8 Å². The molecule has 0 amide bonds. The predicted molar refractivity (Wildman–Crippen MR) is 114 cm³/mol. The van der Waals surface area contributed by atoms with Gasteiger partial charge in [-0.15, -0.1) is 0 Å². The number of nitrogens with zero attached hydrogens (tertiary/aromatic N) is 2. The second kappa shape index (κ2) is 7.06. The summed E-state index contributed by atoms with van der Waals surface area (Å²) in [6.07, 6.45) is 0.781. The number of ether oxygens (including phenoxy) is 1. The molecule has 0 bridgehead atoms. The number of imidazole rings is 1. The summed E-state index contributed by atoms with van der Waals surface area (Å²) >= 11 is 0. The number of fused-ring (bicyclic) bond motifs is 2. The molecule has 7 heteroatoms. The Labute approximate surface area is 174 Å². The highest BCUT2D eigenvalue weighted by Gasteiger charge is 2.46. The largest absolute Gasteiger partial charge is 0.496 e. The number of hydrogen-bond acceptors (Lipinski definition) is 5. The van der Waals surface area contributed by atoms with Crippen LogP contribution in [0.25, 0.3) is 11.0 Å². The van der Waals surface area contributed by atoms with Crippen molar-refractivity contribution in [1.29, 1.82) is 5.26 Å². The molecule has 2 heterocycles. The fourth-order valence-corrected chi connectivity index (χ4v) is 4.50. The third kappa shape index (κ3) is 2.79. The Morgan fingerprint density at radius 2 is 2.17 bits per heavy atom. The molecule has 0 spiro atoms. The van der Waals surface area contributed by atoms with E-state index in [2.05, 4.69) is 16.4 Å². The van der Waals surface area contributed by atoms with Gasteiger partial charge in [-0.3, -0.25) is 4.79 Å². The Morgan fingerprint density at radius 3 is 2.83 bits per heavy atom. The average molecular weight is 404 g/mol. The molecule has 7 nitrogen and oxygen atoms in total. The van der Waals surface area contributed by atoms with Crippen LogP contribution in [0.5, 0.6) is 5.75 Å². The monoisotopic (exact) mass is 404 g/mol. The minimum atomic E-state index is -0.979. The summed E-state index contributed by atoms with van der Waals surface area (Å²) < 4.78 is 5.75. The third-order valence-corrected chi connectivity index (χ3v) is 6.35. The molecular formula is C23H24N4O3. The highest BCUT2D eigenvalue weighted by molar-refractivity contribution is 5.80. The number of nitriles is 1. The van der Waals surface area contributed by atoms with Crippen molar-refractivity contribution in [2.75, 3.05) is 19.0 Å². The lowest BCUT2D eigenvalue weighted by atomic mass is 9.69. The maximum atomic E-state index is 12.2. The number of carbonyl (C=O) groups is 1. The summed E-state index contributed by atoms with van der Waals surface area (Å²) in [5.74, 6) is -0.504. The molecule has 154 valence electrons. The number of aromatic amines is 1. The summed E-state index contributed by atoms with van der Waals surface area (Å²) in [6.45, 7) is 6.41. The number of benzene rings is 2. The van der Waals surface area contributed by atoms with E-state index in [1.165, 1.54) is 0 Å². The molecule has 0 radical (unpaired) electrons. The lowest BCUT2D eigenvalue weighted by molar-refractivity contribution is -0.143. The first-order valence-corrected chi connectivity index (χ1v) is 9.89. The van der Waals surface area contributed by atoms with E-state index < -0.39 is 17.3 Å². The molecule has 1 aromatic heterocycles. The molecule has 2 aromatic carbocycles. The summed E-state index contributed by atoms with van der Waals surface area (Å²) in [5, 5.41) is 22.7. The number of aromatic nitrogens is 2. The van der Waals surface area contributed by atoms with Gasteiger partial charge in [0.2, 0.25) is 0 Å². The van der Waals surface area contributed by atoms with Gasteiger partial charge in [-0.25, -0.2) is 4.98 Å². The SMILES string of the molecule is COc1cc(C)c2c(c1C(C)(c1nc3ccc(C#N)cc3[nH]1)C(C)C(=O)O)CCN2. The molecule has 3 aromatic rings. The van der Waals surface area contributed by atoms with E-state index in [-0.39, 0.29) is 0 Å². The molecule has 0 saturated carbocycles. The molecule has 3 N–H and O–H groups in total. The zero-order chi connectivity index (χ0) is 21.6. The molecule has 0 fully saturated rings. The molecule has 1 aliphatic heterocycles. The number of hydrogen-bond donors (Lipinski definition) is 3. The van der Waals surface area contributed by atoms with Crippen molar-refractivity contribution in [2.24, 2.45) is 5.92 Å². The summed E-state index contributed by atoms with van der Waals surface area (Å²) in [6, 6.07) is 9.30. The normalized spacial score (nSPS) is 15.7. The second-order valence-electron chi connectivity index (χ2n) is 7.99. The van der Waals surface area contributed by atoms with Crippen molar-refractivity contribution in [3.05, 3.63) is 52.3 Å². The number of carboxylic acids is 1. The van der Waals surface area contributed by atoms with E-state index >= 15 is 0 Å². The number of methoxy groups -OCH3 is 1. The number of rotatable bonds is 5. The summed E-state index contributed by atoms with van der Waals surface area (Å²) in [4.78, 5) is 20.3. The summed E-state index contributed by atoms with van der Waals surface area (Å²) in [7, 11) is 1.61. The zero-order valence-corrected chi connectivity index (χ0v) is 17.5. The van der Waals surface area contributed by atoms with Crippen LogP contribution in [0.1, 0.15) is 41.9 Å². The summed E-state index contributed by atoms with van der Waals surface area (Å²) in [5.41, 5.74) is 4.94. The van der Waals surface area contributed by atoms with Gasteiger partial charge in [-0.2, -0.15) is 5.26 Å². The van der Waals surface area contributed by atoms with Crippen molar-refractivity contribution in [3.8, 4) is 11.8 Å². The van der Waals surface area contributed by atoms with Crippen LogP contribution in [0.15, 0.2) is 24.3 Å². The van der Waals surface area contributed by atoms with Gasteiger partial charge >= 0.3 is 5.97 Å². The topological polar surface area (TPSA) is 111 Å². The lowest BCUT2D eigenvalue weighted by Gasteiger charge is -2.35. The standard InChI is InChI=1S/C23H24N4O3/c1-12-9-18(30-4)19(15-7-8-25-20(12)15)23(3,13(2)21(28)29)22-26-16-6-5-14(11-24)10-17(16)27-22/h5-6,9-10,13,25H,7-8H2,1-4H3,(H,26,27)(H,28,29). The Morgan fingerprint density at radius 1 is 1.40 bits per heavy atom. The maximum Gasteiger partial charge on any atom is 0.307 e. The van der Waals surface area contributed by atoms with Crippen molar-refractivity contribution in [1.82, 2.24) is 9.97 Å². The zero-order valence-electron chi connectivity index (χ0n) is 17.5. The minimum absolute atomic E-state index is 0.517. The van der Waals surface area contributed by atoms with Crippen LogP contribution in [0.4, 0.5) is 5.69 Å². The quantitative estimate of drug-likeness (QED) is 0.597. The molecule has 0 aliphatic carbocycles. The van der Waals surface area contributed by atoms with Gasteiger partial charge in [0.25, 0.3) is 0 Å². The molecular weight excluding hydrogens is 380 g/mol. The van der Waals surface area contributed by atoms with Crippen molar-refractivity contribution >= 4 is 22.7 Å². The van der Waals surface area contributed by atoms with E-state index in [9.17, 15) is 15.2 Å². The van der Waals surface area contributed by atoms with Crippen LogP contribution in [0, 0.1) is 24.2 Å². The van der Waals surface area contributed by atoms with E-state index in [0.717, 1.165) is 35.3 Å². The van der Waals surface area contributed by atoms with Crippen molar-refractivity contribution < 1.29 is 14.6 Å². The van der Waals surface area contributed by atoms with E-state index in [4.69, 9.17) is 9.72 Å². The highest BCUT2D eigenvalue weighted by atomic mass is 16.5. The third-order valence-electron chi connectivity index (χ3n) is 6.35. The fraction of sp³-hybridized carbons (Fsp3) is 0.348. The number of aliphatic carboxylic acids is 1. The number of aryl methyl sites for hydroxylation is 1. The van der Waals surface area contributed by atoms with Crippen LogP contribution < -0.4 is 10.1 Å². The van der Waals surface area contributed by atoms with Gasteiger partial charge in [-0.1, -0.05) is 6.92 Å². The first kappa shape index (κ1) is 19.8. The molecule has 1 aliphatic rings. The fourth-order valence-electron chi connectivity index (χ4n) is 4.50. The predicted octanol–water partition coefficient (Wildman–Crippen LogP) is 3.75. The van der Waals surface area contributed by atoms with E-state index in [1.54, 1.807) is 32.2 Å². The Kier molecular flexibility index (Phi) is 4.65. The van der Waals surface area contributed by atoms with Gasteiger partial charge in [0.05, 0.1) is 41.1 Å². The lowest BCUT2D eigenvalue weighted by Crippen LogP contribution is -2.39. The first-order chi connectivity index (χ1) is 14.3. The Balaban J connectivity index is 2.05. The van der Waals surface area contributed by atoms with Crippen molar-refractivity contribution in [3.63, 3.8) is 0 Å². The van der Waals surface area contributed by atoms with Crippen LogP contribution in [-0.4, -0.2) is 34.7 Å². The molecule has 0 saturated heterocycles. The minimum Gasteiger partial charge on any atom is -0.496 e. The smallest absolute Gasteiger partial charge is 0.307 e. The maximum absolute atomic E-state index is 12.2. The Hall–Kier alpha value is -3.53. The number of carboxylic acid groups (broad SMARTS) is 1. The number of nitrogens with one attached hydrogen (secondary N) is 2. The molecule has 2 atom stereocenters. The van der Waals surface area contributed by atoms with E-state index in [1.807, 2.05) is 19.9 Å². The molecule has 2 unspecified atom stereocenters. The van der Waals surface area contributed by atoms with Crippen LogP contribution in [0.2, 0.25) is 0 Å².